The van der Waals surface area contributed by atoms with Crippen LogP contribution in [0.25, 0.3) is 5.69 Å². The summed E-state index contributed by atoms with van der Waals surface area (Å²) < 4.78 is 1.73. The van der Waals surface area contributed by atoms with Gasteiger partial charge in [-0.2, -0.15) is 5.10 Å². The van der Waals surface area contributed by atoms with Crippen molar-refractivity contribution in [1.82, 2.24) is 15.0 Å². The number of aromatic nitrogens is 2. The first-order valence-corrected chi connectivity index (χ1v) is 10.2. The number of hydrazone groups is 1. The molecule has 3 rings (SSSR count). The minimum Gasteiger partial charge on any atom is -0.493 e. The van der Waals surface area contributed by atoms with E-state index >= 15 is 0 Å². The van der Waals surface area contributed by atoms with E-state index in [-0.39, 0.29) is 16.8 Å². The molecule has 1 heterocycles. The van der Waals surface area contributed by atoms with E-state index in [0.717, 1.165) is 26.9 Å². The number of rotatable bonds is 5. The number of carbonyl (C=O) groups is 1. The van der Waals surface area contributed by atoms with Gasteiger partial charge in [0.1, 0.15) is 5.56 Å². The van der Waals surface area contributed by atoms with Crippen LogP contribution in [-0.2, 0) is 0 Å². The summed E-state index contributed by atoms with van der Waals surface area (Å²) in [5, 5.41) is 25.4. The van der Waals surface area contributed by atoms with Crippen LogP contribution < -0.4 is 16.7 Å². The van der Waals surface area contributed by atoms with E-state index in [2.05, 4.69) is 31.4 Å². The molecule has 0 aliphatic heterocycles. The molecule has 0 saturated carbocycles. The molecule has 0 saturated heterocycles. The minimum absolute atomic E-state index is 0.0199. The zero-order valence-electron chi connectivity index (χ0n) is 17.7. The summed E-state index contributed by atoms with van der Waals surface area (Å²) in [6, 6.07) is 7.20. The van der Waals surface area contributed by atoms with Gasteiger partial charge in [-0.3, -0.25) is 24.7 Å². The number of halogens is 1. The SMILES string of the molecule is Cc1ccc(C(=O)NN=Cc2c(O)n(-c3ccc(Br)c(C)c3C)c(=O)[nH]c2=O)cc1[N+](=O)[O-]. The number of benzene rings is 2. The molecule has 0 spiro atoms. The summed E-state index contributed by atoms with van der Waals surface area (Å²) in [4.78, 5) is 49.5. The van der Waals surface area contributed by atoms with Crippen molar-refractivity contribution in [3.8, 4) is 11.6 Å². The molecule has 0 fully saturated rings. The molecule has 0 atom stereocenters. The molecule has 11 nitrogen and oxygen atoms in total. The van der Waals surface area contributed by atoms with E-state index < -0.39 is 28.0 Å². The van der Waals surface area contributed by atoms with Gasteiger partial charge < -0.3 is 5.11 Å². The molecule has 33 heavy (non-hydrogen) atoms. The number of aromatic hydroxyl groups is 1. The van der Waals surface area contributed by atoms with Gasteiger partial charge in [-0.1, -0.05) is 22.0 Å². The molecule has 3 aromatic rings. The fourth-order valence-electron chi connectivity index (χ4n) is 3.06. The highest BCUT2D eigenvalue weighted by Crippen LogP contribution is 2.26. The lowest BCUT2D eigenvalue weighted by Crippen LogP contribution is -2.32. The molecule has 3 N–H and O–H groups in total. The fraction of sp³-hybridized carbons (Fsp3) is 0.143. The fourth-order valence-corrected chi connectivity index (χ4v) is 3.49. The minimum atomic E-state index is -0.913. The van der Waals surface area contributed by atoms with Crippen LogP contribution in [0, 0.1) is 30.9 Å². The van der Waals surface area contributed by atoms with Crippen LogP contribution >= 0.6 is 15.9 Å². The molecule has 12 heteroatoms. The molecular formula is C21H18BrN5O6. The van der Waals surface area contributed by atoms with Gasteiger partial charge in [-0.15, -0.1) is 0 Å². The predicted octanol–water partition coefficient (Wildman–Crippen LogP) is 2.59. The summed E-state index contributed by atoms with van der Waals surface area (Å²) in [7, 11) is 0. The van der Waals surface area contributed by atoms with Crippen LogP contribution in [0.1, 0.15) is 32.6 Å². The number of nitrogens with zero attached hydrogens (tertiary/aromatic N) is 3. The highest BCUT2D eigenvalue weighted by Gasteiger charge is 2.18. The van der Waals surface area contributed by atoms with Gasteiger partial charge in [0, 0.05) is 21.7 Å². The van der Waals surface area contributed by atoms with Crippen molar-refractivity contribution < 1.29 is 14.8 Å². The maximum Gasteiger partial charge on any atom is 0.335 e. The summed E-state index contributed by atoms with van der Waals surface area (Å²) >= 11 is 3.39. The predicted molar refractivity (Wildman–Crippen MR) is 124 cm³/mol. The van der Waals surface area contributed by atoms with E-state index in [4.69, 9.17) is 0 Å². The first-order valence-electron chi connectivity index (χ1n) is 9.45. The van der Waals surface area contributed by atoms with Crippen molar-refractivity contribution in [1.29, 1.82) is 0 Å². The van der Waals surface area contributed by atoms with Crippen molar-refractivity contribution in [2.24, 2.45) is 5.10 Å². The zero-order chi connectivity index (χ0) is 24.4. The van der Waals surface area contributed by atoms with E-state index in [0.29, 0.717) is 16.8 Å². The molecule has 1 amide bonds. The standard InChI is InChI=1S/C21H18BrN5O6/c1-10-4-5-13(8-17(10)27(32)33)18(28)25-23-9-14-19(29)24-21(31)26(20(14)30)16-7-6-15(22)11(2)12(16)3/h4-9,30H,1-3H3,(H,25,28)(H,24,29,31). The van der Waals surface area contributed by atoms with E-state index in [9.17, 15) is 29.6 Å². The number of H-pyrrole nitrogens is 1. The lowest BCUT2D eigenvalue weighted by molar-refractivity contribution is -0.385. The molecule has 170 valence electrons. The number of nitrogens with one attached hydrogen (secondary N) is 2. The summed E-state index contributed by atoms with van der Waals surface area (Å²) in [6.07, 6.45) is 0.881. The average molecular weight is 516 g/mol. The number of amides is 1. The normalized spacial score (nSPS) is 11.0. The number of nitro benzene ring substituents is 1. The molecule has 2 aromatic carbocycles. The monoisotopic (exact) mass is 515 g/mol. The Morgan fingerprint density at radius 1 is 1.21 bits per heavy atom. The van der Waals surface area contributed by atoms with Gasteiger partial charge in [0.2, 0.25) is 5.88 Å². The lowest BCUT2D eigenvalue weighted by atomic mass is 10.1. The van der Waals surface area contributed by atoms with Crippen molar-refractivity contribution >= 4 is 33.7 Å². The van der Waals surface area contributed by atoms with Crippen LogP contribution in [0.3, 0.4) is 0 Å². The Morgan fingerprint density at radius 2 is 1.91 bits per heavy atom. The second-order valence-electron chi connectivity index (χ2n) is 7.11. The topological polar surface area (TPSA) is 160 Å². The van der Waals surface area contributed by atoms with Crippen LogP contribution in [0.15, 0.2) is 49.5 Å². The Balaban J connectivity index is 1.96. The molecule has 0 aliphatic carbocycles. The van der Waals surface area contributed by atoms with Crippen molar-refractivity contribution in [3.05, 3.63) is 93.6 Å². The van der Waals surface area contributed by atoms with Crippen LogP contribution in [0.5, 0.6) is 5.88 Å². The Labute approximate surface area is 194 Å². The Kier molecular flexibility index (Phi) is 6.58. The maximum atomic E-state index is 12.4. The number of nitro groups is 1. The molecule has 1 aromatic heterocycles. The third-order valence-corrected chi connectivity index (χ3v) is 5.94. The van der Waals surface area contributed by atoms with E-state index in [1.165, 1.54) is 19.1 Å². The number of hydrogen-bond acceptors (Lipinski definition) is 7. The largest absolute Gasteiger partial charge is 0.493 e. The van der Waals surface area contributed by atoms with Gasteiger partial charge in [0.05, 0.1) is 16.8 Å². The van der Waals surface area contributed by atoms with Gasteiger partial charge in [-0.25, -0.2) is 14.8 Å². The number of carbonyl (C=O) groups excluding carboxylic acids is 1. The van der Waals surface area contributed by atoms with Crippen LogP contribution in [-0.4, -0.2) is 31.7 Å². The Morgan fingerprint density at radius 3 is 2.58 bits per heavy atom. The highest BCUT2D eigenvalue weighted by atomic mass is 79.9. The molecular weight excluding hydrogens is 498 g/mol. The molecule has 0 aliphatic rings. The quantitative estimate of drug-likeness (QED) is 0.269. The summed E-state index contributed by atoms with van der Waals surface area (Å²) in [6.45, 7) is 5.11. The zero-order valence-corrected chi connectivity index (χ0v) is 19.3. The number of aryl methyl sites for hydroxylation is 1. The van der Waals surface area contributed by atoms with Gasteiger partial charge >= 0.3 is 5.69 Å². The van der Waals surface area contributed by atoms with Crippen molar-refractivity contribution in [2.75, 3.05) is 0 Å². The Bertz CT molecular complexity index is 1440. The average Bonchev–Trinajstić information content (AvgIpc) is 2.75. The second-order valence-corrected chi connectivity index (χ2v) is 7.96. The number of hydrogen-bond donors (Lipinski definition) is 3. The Hall–Kier alpha value is -4.06. The van der Waals surface area contributed by atoms with E-state index in [1.54, 1.807) is 19.1 Å². The smallest absolute Gasteiger partial charge is 0.335 e. The molecule has 0 unspecified atom stereocenters. The third-order valence-electron chi connectivity index (χ3n) is 5.08. The first kappa shape index (κ1) is 23.6. The molecule has 0 bridgehead atoms. The lowest BCUT2D eigenvalue weighted by Gasteiger charge is -2.14. The van der Waals surface area contributed by atoms with Crippen LogP contribution in [0.2, 0.25) is 0 Å². The summed E-state index contributed by atoms with van der Waals surface area (Å²) in [5.74, 6) is -1.43. The van der Waals surface area contributed by atoms with Gasteiger partial charge in [0.15, 0.2) is 0 Å². The third kappa shape index (κ3) is 4.60. The van der Waals surface area contributed by atoms with E-state index in [1.807, 2.05) is 6.92 Å². The van der Waals surface area contributed by atoms with Crippen molar-refractivity contribution in [2.45, 2.75) is 20.8 Å². The van der Waals surface area contributed by atoms with Crippen molar-refractivity contribution in [3.63, 3.8) is 0 Å². The highest BCUT2D eigenvalue weighted by molar-refractivity contribution is 9.10. The summed E-state index contributed by atoms with van der Waals surface area (Å²) in [5.41, 5.74) is 2.01. The second kappa shape index (κ2) is 9.20. The number of aromatic amines is 1. The van der Waals surface area contributed by atoms with Gasteiger partial charge in [0.25, 0.3) is 17.2 Å². The first-order chi connectivity index (χ1) is 15.5. The maximum absolute atomic E-state index is 12.4. The molecule has 0 radical (unpaired) electrons. The van der Waals surface area contributed by atoms with Gasteiger partial charge in [-0.05, 0) is 50.1 Å². The van der Waals surface area contributed by atoms with Crippen LogP contribution in [0.4, 0.5) is 5.69 Å².